The molecule has 0 spiro atoms. The molecular weight excluding hydrogens is 378 g/mol. The zero-order valence-corrected chi connectivity index (χ0v) is 18.9. The molecule has 6 heteroatoms. The quantitative estimate of drug-likeness (QED) is 0.819. The van der Waals surface area contributed by atoms with Gasteiger partial charge < -0.3 is 15.1 Å². The molecule has 0 saturated carbocycles. The Morgan fingerprint density at radius 1 is 1.03 bits per heavy atom. The molecule has 2 saturated heterocycles. The molecule has 1 aromatic carbocycles. The van der Waals surface area contributed by atoms with Gasteiger partial charge in [0.1, 0.15) is 0 Å². The number of piperidine rings is 1. The molecule has 1 atom stereocenters. The predicted octanol–water partition coefficient (Wildman–Crippen LogP) is 3.63. The molecule has 1 unspecified atom stereocenters. The molecule has 164 valence electrons. The van der Waals surface area contributed by atoms with E-state index in [2.05, 4.69) is 19.2 Å². The first-order valence-corrected chi connectivity index (χ1v) is 11.1. The number of anilines is 1. The number of carbonyl (C=O) groups excluding carboxylic acids is 3. The molecule has 3 amide bonds. The molecule has 1 N–H and O–H groups in total. The van der Waals surface area contributed by atoms with Gasteiger partial charge in [0.15, 0.2) is 0 Å². The lowest BCUT2D eigenvalue weighted by atomic mass is 9.94. The summed E-state index contributed by atoms with van der Waals surface area (Å²) in [7, 11) is 0. The fourth-order valence-electron chi connectivity index (χ4n) is 4.34. The van der Waals surface area contributed by atoms with Crippen molar-refractivity contribution in [3.05, 3.63) is 29.8 Å². The van der Waals surface area contributed by atoms with Crippen LogP contribution in [0.4, 0.5) is 5.69 Å². The highest BCUT2D eigenvalue weighted by Gasteiger charge is 2.41. The normalized spacial score (nSPS) is 20.7. The molecule has 6 nitrogen and oxygen atoms in total. The van der Waals surface area contributed by atoms with Crippen molar-refractivity contribution in [1.29, 1.82) is 0 Å². The average molecular weight is 414 g/mol. The summed E-state index contributed by atoms with van der Waals surface area (Å²) in [5.74, 6) is 0.241. The standard InChI is InChI=1S/C24H35N3O3/c1-16(2)17-6-8-20(9-7-17)25-22(29)18-10-12-26(13-11-18)23(30)19-14-21(28)27(15-19)24(3,4)5/h6-9,16,18-19H,10-15H2,1-5H3,(H,25,29). The van der Waals surface area contributed by atoms with Crippen molar-refractivity contribution in [3.8, 4) is 0 Å². The van der Waals surface area contributed by atoms with E-state index in [1.807, 2.05) is 49.9 Å². The van der Waals surface area contributed by atoms with Gasteiger partial charge in [-0.15, -0.1) is 0 Å². The number of rotatable bonds is 4. The van der Waals surface area contributed by atoms with Crippen LogP contribution >= 0.6 is 0 Å². The number of nitrogens with zero attached hydrogens (tertiary/aromatic N) is 2. The molecular formula is C24H35N3O3. The third-order valence-corrected chi connectivity index (χ3v) is 6.31. The third-order valence-electron chi connectivity index (χ3n) is 6.31. The minimum Gasteiger partial charge on any atom is -0.342 e. The van der Waals surface area contributed by atoms with Crippen molar-refractivity contribution < 1.29 is 14.4 Å². The van der Waals surface area contributed by atoms with Gasteiger partial charge in [-0.1, -0.05) is 26.0 Å². The lowest BCUT2D eigenvalue weighted by molar-refractivity contribution is -0.138. The van der Waals surface area contributed by atoms with Crippen LogP contribution in [0.25, 0.3) is 0 Å². The summed E-state index contributed by atoms with van der Waals surface area (Å²) in [6.45, 7) is 11.9. The molecule has 0 bridgehead atoms. The molecule has 0 aliphatic carbocycles. The van der Waals surface area contributed by atoms with Crippen LogP contribution in [0.2, 0.25) is 0 Å². The van der Waals surface area contributed by atoms with Crippen molar-refractivity contribution in [2.75, 3.05) is 25.0 Å². The van der Waals surface area contributed by atoms with Gasteiger partial charge in [-0.05, 0) is 57.2 Å². The summed E-state index contributed by atoms with van der Waals surface area (Å²) >= 11 is 0. The minimum atomic E-state index is -0.262. The number of carbonyl (C=O) groups is 3. The Balaban J connectivity index is 1.50. The molecule has 2 fully saturated rings. The van der Waals surface area contributed by atoms with E-state index >= 15 is 0 Å². The van der Waals surface area contributed by atoms with E-state index in [9.17, 15) is 14.4 Å². The molecule has 1 aromatic rings. The summed E-state index contributed by atoms with van der Waals surface area (Å²) in [6.07, 6.45) is 1.61. The third kappa shape index (κ3) is 5.02. The van der Waals surface area contributed by atoms with Crippen LogP contribution in [0.5, 0.6) is 0 Å². The molecule has 2 heterocycles. The van der Waals surface area contributed by atoms with Gasteiger partial charge in [0, 0.05) is 43.2 Å². The first-order valence-electron chi connectivity index (χ1n) is 11.1. The summed E-state index contributed by atoms with van der Waals surface area (Å²) in [5, 5.41) is 3.01. The smallest absolute Gasteiger partial charge is 0.227 e. The number of amides is 3. The molecule has 2 aliphatic heterocycles. The largest absolute Gasteiger partial charge is 0.342 e. The number of nitrogens with one attached hydrogen (secondary N) is 1. The van der Waals surface area contributed by atoms with E-state index in [4.69, 9.17) is 0 Å². The molecule has 30 heavy (non-hydrogen) atoms. The van der Waals surface area contributed by atoms with Gasteiger partial charge in [-0.25, -0.2) is 0 Å². The molecule has 3 rings (SSSR count). The van der Waals surface area contributed by atoms with E-state index in [-0.39, 0.29) is 35.1 Å². The van der Waals surface area contributed by atoms with Crippen LogP contribution in [0.15, 0.2) is 24.3 Å². The maximum Gasteiger partial charge on any atom is 0.227 e. The van der Waals surface area contributed by atoms with Crippen molar-refractivity contribution in [2.24, 2.45) is 11.8 Å². The lowest BCUT2D eigenvalue weighted by Crippen LogP contribution is -2.46. The van der Waals surface area contributed by atoms with Gasteiger partial charge in [-0.2, -0.15) is 0 Å². The lowest BCUT2D eigenvalue weighted by Gasteiger charge is -2.34. The SMILES string of the molecule is CC(C)c1ccc(NC(=O)C2CCN(C(=O)C3CC(=O)N(C(C)(C)C)C3)CC2)cc1. The summed E-state index contributed by atoms with van der Waals surface area (Å²) in [5.41, 5.74) is 1.80. The first kappa shape index (κ1) is 22.3. The zero-order valence-electron chi connectivity index (χ0n) is 18.9. The van der Waals surface area contributed by atoms with Crippen LogP contribution in [0.1, 0.15) is 65.4 Å². The van der Waals surface area contributed by atoms with E-state index in [0.717, 1.165) is 5.69 Å². The Labute approximate surface area is 180 Å². The average Bonchev–Trinajstić information content (AvgIpc) is 3.10. The first-order chi connectivity index (χ1) is 14.1. The Kier molecular flexibility index (Phi) is 6.53. The van der Waals surface area contributed by atoms with Gasteiger partial charge in [-0.3, -0.25) is 14.4 Å². The van der Waals surface area contributed by atoms with Gasteiger partial charge in [0.05, 0.1) is 5.92 Å². The second-order valence-electron chi connectivity index (χ2n) is 9.94. The summed E-state index contributed by atoms with van der Waals surface area (Å²) < 4.78 is 0. The Morgan fingerprint density at radius 2 is 1.63 bits per heavy atom. The van der Waals surface area contributed by atoms with Crippen LogP contribution < -0.4 is 5.32 Å². The van der Waals surface area contributed by atoms with Gasteiger partial charge >= 0.3 is 0 Å². The Hall–Kier alpha value is -2.37. The monoisotopic (exact) mass is 413 g/mol. The van der Waals surface area contributed by atoms with E-state index < -0.39 is 0 Å². The fourth-order valence-corrected chi connectivity index (χ4v) is 4.34. The van der Waals surface area contributed by atoms with Crippen molar-refractivity contribution in [3.63, 3.8) is 0 Å². The fraction of sp³-hybridized carbons (Fsp3) is 0.625. The second kappa shape index (κ2) is 8.78. The highest BCUT2D eigenvalue weighted by molar-refractivity contribution is 5.93. The number of likely N-dealkylation sites (tertiary alicyclic amines) is 2. The number of hydrogen-bond donors (Lipinski definition) is 1. The maximum atomic E-state index is 12.9. The molecule has 0 aromatic heterocycles. The van der Waals surface area contributed by atoms with E-state index in [0.29, 0.717) is 44.8 Å². The summed E-state index contributed by atoms with van der Waals surface area (Å²) in [6, 6.07) is 7.99. The number of benzene rings is 1. The van der Waals surface area contributed by atoms with E-state index in [1.165, 1.54) is 5.56 Å². The number of hydrogen-bond acceptors (Lipinski definition) is 3. The molecule has 0 radical (unpaired) electrons. The van der Waals surface area contributed by atoms with Crippen molar-refractivity contribution in [2.45, 2.75) is 65.3 Å². The predicted molar refractivity (Wildman–Crippen MR) is 118 cm³/mol. The summed E-state index contributed by atoms with van der Waals surface area (Å²) in [4.78, 5) is 41.5. The molecule has 2 aliphatic rings. The van der Waals surface area contributed by atoms with E-state index in [1.54, 1.807) is 4.90 Å². The highest BCUT2D eigenvalue weighted by Crippen LogP contribution is 2.29. The topological polar surface area (TPSA) is 69.7 Å². The van der Waals surface area contributed by atoms with Crippen molar-refractivity contribution >= 4 is 23.4 Å². The maximum absolute atomic E-state index is 12.9. The highest BCUT2D eigenvalue weighted by atomic mass is 16.2. The minimum absolute atomic E-state index is 0.0225. The van der Waals surface area contributed by atoms with Crippen molar-refractivity contribution in [1.82, 2.24) is 9.80 Å². The van der Waals surface area contributed by atoms with Crippen LogP contribution in [-0.4, -0.2) is 52.7 Å². The zero-order chi connectivity index (χ0) is 22.1. The second-order valence-corrected chi connectivity index (χ2v) is 9.94. The Morgan fingerprint density at radius 3 is 2.13 bits per heavy atom. The Bertz CT molecular complexity index is 787. The van der Waals surface area contributed by atoms with Gasteiger partial charge in [0.25, 0.3) is 0 Å². The van der Waals surface area contributed by atoms with Crippen LogP contribution in [-0.2, 0) is 14.4 Å². The van der Waals surface area contributed by atoms with Crippen LogP contribution in [0.3, 0.4) is 0 Å². The van der Waals surface area contributed by atoms with Gasteiger partial charge in [0.2, 0.25) is 17.7 Å². The van der Waals surface area contributed by atoms with Crippen LogP contribution in [0, 0.1) is 11.8 Å².